The number of fused-ring (bicyclic) bond motifs is 2. The molecule has 0 fully saturated rings. The van der Waals surface area contributed by atoms with Crippen molar-refractivity contribution in [3.8, 4) is 0 Å². The van der Waals surface area contributed by atoms with Crippen molar-refractivity contribution in [1.29, 1.82) is 0 Å². The summed E-state index contributed by atoms with van der Waals surface area (Å²) >= 11 is 0. The molecule has 2 aromatic heterocycles. The van der Waals surface area contributed by atoms with Crippen molar-refractivity contribution in [2.45, 2.75) is 6.92 Å². The Morgan fingerprint density at radius 3 is 2.83 bits per heavy atom. The number of aromatic nitrogens is 4. The van der Waals surface area contributed by atoms with E-state index in [1.807, 2.05) is 31.2 Å². The Bertz CT molecular complexity index is 1020. The summed E-state index contributed by atoms with van der Waals surface area (Å²) in [6, 6.07) is 18.2. The third-order valence-electron chi connectivity index (χ3n) is 3.67. The highest BCUT2D eigenvalue weighted by molar-refractivity contribution is 6.02. The molecule has 2 heterocycles. The van der Waals surface area contributed by atoms with E-state index in [4.69, 9.17) is 0 Å². The van der Waals surface area contributed by atoms with Crippen molar-refractivity contribution in [2.24, 2.45) is 5.10 Å². The van der Waals surface area contributed by atoms with Crippen molar-refractivity contribution in [1.82, 2.24) is 19.8 Å². The first-order chi connectivity index (χ1) is 11.3. The average Bonchev–Trinajstić information content (AvgIpc) is 3.07. The quantitative estimate of drug-likeness (QED) is 0.466. The fraction of sp³-hybridized carbons (Fsp3) is 0.0588. The standard InChI is InChI=1S/C17H14N6/c1-12(14-7-6-13-4-2-3-5-15(13)10-14)19-20-16-8-9-17-21-18-11-23(17)22-16/h2-11H,1H3,(H,20,22)/b19-12-. The zero-order valence-corrected chi connectivity index (χ0v) is 12.5. The van der Waals surface area contributed by atoms with Gasteiger partial charge in [0.25, 0.3) is 0 Å². The van der Waals surface area contributed by atoms with Crippen LogP contribution < -0.4 is 5.43 Å². The summed E-state index contributed by atoms with van der Waals surface area (Å²) in [5.41, 5.74) is 5.63. The Kier molecular flexibility index (Phi) is 3.20. The number of anilines is 1. The van der Waals surface area contributed by atoms with Crippen molar-refractivity contribution < 1.29 is 0 Å². The van der Waals surface area contributed by atoms with E-state index in [0.29, 0.717) is 11.5 Å². The van der Waals surface area contributed by atoms with E-state index >= 15 is 0 Å². The molecule has 0 radical (unpaired) electrons. The third kappa shape index (κ3) is 2.62. The van der Waals surface area contributed by atoms with Gasteiger partial charge in [-0.15, -0.1) is 15.3 Å². The lowest BCUT2D eigenvalue weighted by atomic mass is 10.0. The van der Waals surface area contributed by atoms with Crippen LogP contribution in [-0.2, 0) is 0 Å². The lowest BCUT2D eigenvalue weighted by molar-refractivity contribution is 0.924. The van der Waals surface area contributed by atoms with E-state index < -0.39 is 0 Å². The van der Waals surface area contributed by atoms with Crippen LogP contribution in [0.5, 0.6) is 0 Å². The molecule has 0 aliphatic heterocycles. The molecule has 0 aliphatic carbocycles. The number of nitrogens with one attached hydrogen (secondary N) is 1. The van der Waals surface area contributed by atoms with Crippen LogP contribution in [0, 0.1) is 0 Å². The molecule has 1 N–H and O–H groups in total. The molecule has 0 bridgehead atoms. The first kappa shape index (κ1) is 13.4. The first-order valence-electron chi connectivity index (χ1n) is 7.26. The molecule has 6 heteroatoms. The molecule has 0 aliphatic rings. The van der Waals surface area contributed by atoms with Gasteiger partial charge in [-0.1, -0.05) is 36.4 Å². The van der Waals surface area contributed by atoms with E-state index in [1.54, 1.807) is 10.8 Å². The second-order valence-electron chi connectivity index (χ2n) is 5.22. The van der Waals surface area contributed by atoms with Gasteiger partial charge in [0, 0.05) is 0 Å². The predicted molar refractivity (Wildman–Crippen MR) is 90.6 cm³/mol. The minimum atomic E-state index is 0.637. The highest BCUT2D eigenvalue weighted by atomic mass is 15.4. The van der Waals surface area contributed by atoms with Gasteiger partial charge in [-0.25, -0.2) is 0 Å². The molecule has 0 saturated heterocycles. The van der Waals surface area contributed by atoms with Crippen LogP contribution in [0.4, 0.5) is 5.82 Å². The zero-order valence-electron chi connectivity index (χ0n) is 12.5. The molecule has 0 atom stereocenters. The summed E-state index contributed by atoms with van der Waals surface area (Å²) in [7, 11) is 0. The van der Waals surface area contributed by atoms with Gasteiger partial charge >= 0.3 is 0 Å². The van der Waals surface area contributed by atoms with E-state index in [1.165, 1.54) is 10.8 Å². The fourth-order valence-corrected chi connectivity index (χ4v) is 2.41. The van der Waals surface area contributed by atoms with Crippen LogP contribution in [0.3, 0.4) is 0 Å². The van der Waals surface area contributed by atoms with E-state index in [0.717, 1.165) is 11.3 Å². The van der Waals surface area contributed by atoms with Gasteiger partial charge in [0.15, 0.2) is 11.5 Å². The SMILES string of the molecule is C/C(=N/Nc1ccc2nncn2n1)c1ccc2ccccc2c1. The lowest BCUT2D eigenvalue weighted by Crippen LogP contribution is -2.02. The number of hydrazone groups is 1. The Hall–Kier alpha value is -3.28. The van der Waals surface area contributed by atoms with Crippen LogP contribution in [0.1, 0.15) is 12.5 Å². The topological polar surface area (TPSA) is 67.5 Å². The minimum Gasteiger partial charge on any atom is -0.260 e. The van der Waals surface area contributed by atoms with Crippen LogP contribution in [0.2, 0.25) is 0 Å². The highest BCUT2D eigenvalue weighted by Crippen LogP contribution is 2.16. The Morgan fingerprint density at radius 1 is 1.04 bits per heavy atom. The second kappa shape index (κ2) is 5.49. The molecule has 112 valence electrons. The second-order valence-corrected chi connectivity index (χ2v) is 5.22. The van der Waals surface area contributed by atoms with Gasteiger partial charge in [-0.3, -0.25) is 5.43 Å². The average molecular weight is 302 g/mol. The zero-order chi connectivity index (χ0) is 15.6. The van der Waals surface area contributed by atoms with Crippen molar-refractivity contribution in [2.75, 3.05) is 5.43 Å². The maximum atomic E-state index is 4.41. The van der Waals surface area contributed by atoms with Crippen LogP contribution in [-0.4, -0.2) is 25.5 Å². The fourth-order valence-electron chi connectivity index (χ4n) is 2.41. The molecule has 0 amide bonds. The summed E-state index contributed by atoms with van der Waals surface area (Å²) in [6.45, 7) is 1.97. The van der Waals surface area contributed by atoms with Crippen molar-refractivity contribution in [3.63, 3.8) is 0 Å². The van der Waals surface area contributed by atoms with Crippen molar-refractivity contribution >= 4 is 27.9 Å². The summed E-state index contributed by atoms with van der Waals surface area (Å²) in [5.74, 6) is 0.637. The molecule has 0 unspecified atom stereocenters. The number of hydrogen-bond acceptors (Lipinski definition) is 5. The first-order valence-corrected chi connectivity index (χ1v) is 7.26. The van der Waals surface area contributed by atoms with Crippen molar-refractivity contribution in [3.05, 3.63) is 66.5 Å². The summed E-state index contributed by atoms with van der Waals surface area (Å²) in [4.78, 5) is 0. The van der Waals surface area contributed by atoms with Gasteiger partial charge in [0.1, 0.15) is 6.33 Å². The normalized spacial score (nSPS) is 12.0. The van der Waals surface area contributed by atoms with E-state index in [2.05, 4.69) is 56.2 Å². The maximum absolute atomic E-state index is 4.41. The number of rotatable bonds is 3. The van der Waals surface area contributed by atoms with Crippen LogP contribution >= 0.6 is 0 Å². The monoisotopic (exact) mass is 302 g/mol. The Balaban J connectivity index is 1.61. The van der Waals surface area contributed by atoms with Gasteiger partial charge in [0.2, 0.25) is 0 Å². The number of hydrogen-bond donors (Lipinski definition) is 1. The van der Waals surface area contributed by atoms with Gasteiger partial charge < -0.3 is 0 Å². The summed E-state index contributed by atoms with van der Waals surface area (Å²) < 4.78 is 1.60. The Morgan fingerprint density at radius 2 is 1.91 bits per heavy atom. The molecule has 23 heavy (non-hydrogen) atoms. The van der Waals surface area contributed by atoms with Crippen LogP contribution in [0.25, 0.3) is 16.4 Å². The lowest BCUT2D eigenvalue weighted by Gasteiger charge is -2.05. The van der Waals surface area contributed by atoms with Gasteiger partial charge in [-0.2, -0.15) is 9.62 Å². The maximum Gasteiger partial charge on any atom is 0.177 e. The van der Waals surface area contributed by atoms with Gasteiger partial charge in [0.05, 0.1) is 5.71 Å². The molecule has 0 saturated carbocycles. The molecule has 4 aromatic rings. The molecule has 2 aromatic carbocycles. The molecule has 4 rings (SSSR count). The Labute approximate surface area is 132 Å². The largest absolute Gasteiger partial charge is 0.260 e. The van der Waals surface area contributed by atoms with Gasteiger partial charge in [-0.05, 0) is 41.5 Å². The van der Waals surface area contributed by atoms with E-state index in [9.17, 15) is 0 Å². The summed E-state index contributed by atoms with van der Waals surface area (Å²) in [6.07, 6.45) is 1.56. The molecular weight excluding hydrogens is 288 g/mol. The molecule has 0 spiro atoms. The number of nitrogens with zero attached hydrogens (tertiary/aromatic N) is 5. The highest BCUT2D eigenvalue weighted by Gasteiger charge is 2.01. The smallest absolute Gasteiger partial charge is 0.177 e. The van der Waals surface area contributed by atoms with Crippen LogP contribution in [0.15, 0.2) is 66.0 Å². The third-order valence-corrected chi connectivity index (χ3v) is 3.67. The minimum absolute atomic E-state index is 0.637. The molecular formula is C17H14N6. The van der Waals surface area contributed by atoms with E-state index in [-0.39, 0.29) is 0 Å². The number of benzene rings is 2. The summed E-state index contributed by atoms with van der Waals surface area (Å²) in [5, 5.41) is 18.9. The predicted octanol–water partition coefficient (Wildman–Crippen LogP) is 3.11. The molecule has 6 nitrogen and oxygen atoms in total.